The number of aliphatic hydroxyl groups is 1. The molecule has 74 valence electrons. The zero-order valence-electron chi connectivity index (χ0n) is 7.14. The Kier molecular flexibility index (Phi) is 2.38. The molecule has 0 saturated carbocycles. The maximum atomic E-state index is 12.0. The van der Waals surface area contributed by atoms with Crippen molar-refractivity contribution < 1.29 is 22.7 Å². The quantitative estimate of drug-likeness (QED) is 0.745. The van der Waals surface area contributed by atoms with Crippen LogP contribution in [0.1, 0.15) is 23.2 Å². The molecule has 0 spiro atoms. The van der Waals surface area contributed by atoms with E-state index in [4.69, 9.17) is 9.52 Å². The third kappa shape index (κ3) is 2.03. The van der Waals surface area contributed by atoms with Crippen molar-refractivity contribution in [3.63, 3.8) is 0 Å². The molecule has 0 aliphatic carbocycles. The first-order valence-corrected chi connectivity index (χ1v) is 3.64. The third-order valence-electron chi connectivity index (χ3n) is 1.68. The summed E-state index contributed by atoms with van der Waals surface area (Å²) >= 11 is 0. The lowest BCUT2D eigenvalue weighted by molar-refractivity contribution is -0.207. The van der Waals surface area contributed by atoms with Gasteiger partial charge in [-0.15, -0.1) is 0 Å². The Morgan fingerprint density at radius 1 is 1.38 bits per heavy atom. The minimum Gasteiger partial charge on any atom is -0.466 e. The summed E-state index contributed by atoms with van der Waals surface area (Å²) in [6.07, 6.45) is -7.09. The lowest BCUT2D eigenvalue weighted by Gasteiger charge is -2.12. The predicted octanol–water partition coefficient (Wildman–Crippen LogP) is 2.49. The zero-order valence-corrected chi connectivity index (χ0v) is 7.14. The van der Waals surface area contributed by atoms with E-state index >= 15 is 0 Å². The molecule has 0 aliphatic heterocycles. The van der Waals surface area contributed by atoms with Crippen LogP contribution in [-0.2, 0) is 0 Å². The van der Waals surface area contributed by atoms with Crippen molar-refractivity contribution in [2.45, 2.75) is 26.1 Å². The highest BCUT2D eigenvalue weighted by Gasteiger charge is 2.41. The molecule has 1 atom stereocenters. The Labute approximate surface area is 73.0 Å². The van der Waals surface area contributed by atoms with Crippen LogP contribution in [-0.4, -0.2) is 11.3 Å². The Balaban J connectivity index is 3.01. The predicted molar refractivity (Wildman–Crippen MR) is 39.2 cm³/mol. The van der Waals surface area contributed by atoms with Crippen LogP contribution < -0.4 is 0 Å². The highest BCUT2D eigenvalue weighted by Crippen LogP contribution is 2.34. The Morgan fingerprint density at radius 3 is 2.23 bits per heavy atom. The number of furan rings is 1. The molecule has 2 nitrogen and oxygen atoms in total. The van der Waals surface area contributed by atoms with E-state index in [1.165, 1.54) is 19.9 Å². The highest BCUT2D eigenvalue weighted by atomic mass is 19.4. The molecule has 0 aromatic carbocycles. The molecular formula is C8H9F3O2. The molecule has 1 N–H and O–H groups in total. The van der Waals surface area contributed by atoms with Crippen molar-refractivity contribution in [1.82, 2.24) is 0 Å². The normalized spacial score (nSPS) is 14.6. The molecule has 0 unspecified atom stereocenters. The van der Waals surface area contributed by atoms with Crippen LogP contribution in [0, 0.1) is 13.8 Å². The summed E-state index contributed by atoms with van der Waals surface area (Å²) in [5, 5.41) is 8.87. The summed E-state index contributed by atoms with van der Waals surface area (Å²) in [4.78, 5) is 0. The average Bonchev–Trinajstić information content (AvgIpc) is 2.26. The molecule has 0 amide bonds. The van der Waals surface area contributed by atoms with Crippen LogP contribution in [0.2, 0.25) is 0 Å². The van der Waals surface area contributed by atoms with Crippen molar-refractivity contribution >= 4 is 0 Å². The van der Waals surface area contributed by atoms with Crippen LogP contribution in [0.3, 0.4) is 0 Å². The van der Waals surface area contributed by atoms with Gasteiger partial charge in [-0.05, 0) is 19.9 Å². The number of alkyl halides is 3. The number of hydrogen-bond donors (Lipinski definition) is 1. The van der Waals surface area contributed by atoms with Gasteiger partial charge in [0.05, 0.1) is 0 Å². The molecule has 0 aliphatic rings. The fraction of sp³-hybridized carbons (Fsp3) is 0.500. The monoisotopic (exact) mass is 194 g/mol. The SMILES string of the molecule is Cc1cc([C@@H](O)C(F)(F)F)c(C)o1. The molecular weight excluding hydrogens is 185 g/mol. The van der Waals surface area contributed by atoms with Crippen LogP contribution in [0.5, 0.6) is 0 Å². The number of aryl methyl sites for hydroxylation is 2. The first kappa shape index (κ1) is 10.1. The highest BCUT2D eigenvalue weighted by molar-refractivity contribution is 5.23. The van der Waals surface area contributed by atoms with Crippen molar-refractivity contribution in [1.29, 1.82) is 0 Å². The first-order chi connectivity index (χ1) is 5.82. The molecule has 5 heteroatoms. The van der Waals surface area contributed by atoms with Gasteiger partial charge in [0.2, 0.25) is 0 Å². The number of aliphatic hydroxyl groups excluding tert-OH is 1. The topological polar surface area (TPSA) is 33.4 Å². The Bertz CT molecular complexity index is 301. The van der Waals surface area contributed by atoms with Crippen LogP contribution >= 0.6 is 0 Å². The van der Waals surface area contributed by atoms with Crippen molar-refractivity contribution in [3.05, 3.63) is 23.2 Å². The van der Waals surface area contributed by atoms with E-state index in [9.17, 15) is 13.2 Å². The first-order valence-electron chi connectivity index (χ1n) is 3.64. The third-order valence-corrected chi connectivity index (χ3v) is 1.68. The van der Waals surface area contributed by atoms with Gasteiger partial charge in [0.1, 0.15) is 11.5 Å². The summed E-state index contributed by atoms with van der Waals surface area (Å²) in [6, 6.07) is 1.19. The fourth-order valence-corrected chi connectivity index (χ4v) is 1.10. The zero-order chi connectivity index (χ0) is 10.2. The van der Waals surface area contributed by atoms with Crippen LogP contribution in [0.25, 0.3) is 0 Å². The molecule has 0 radical (unpaired) electrons. The van der Waals surface area contributed by atoms with Crippen LogP contribution in [0.15, 0.2) is 10.5 Å². The van der Waals surface area contributed by atoms with Gasteiger partial charge in [0.15, 0.2) is 6.10 Å². The number of rotatable bonds is 1. The average molecular weight is 194 g/mol. The molecule has 1 heterocycles. The lowest BCUT2D eigenvalue weighted by atomic mass is 10.1. The number of hydrogen-bond acceptors (Lipinski definition) is 2. The summed E-state index contributed by atoms with van der Waals surface area (Å²) in [6.45, 7) is 2.91. The maximum Gasteiger partial charge on any atom is 0.418 e. The molecule has 0 bridgehead atoms. The Morgan fingerprint density at radius 2 is 1.92 bits per heavy atom. The summed E-state index contributed by atoms with van der Waals surface area (Å²) in [7, 11) is 0. The fourth-order valence-electron chi connectivity index (χ4n) is 1.10. The van der Waals surface area contributed by atoms with Gasteiger partial charge < -0.3 is 9.52 Å². The van der Waals surface area contributed by atoms with Gasteiger partial charge in [-0.25, -0.2) is 0 Å². The molecule has 1 aromatic rings. The molecule has 1 aromatic heterocycles. The van der Waals surface area contributed by atoms with E-state index in [-0.39, 0.29) is 11.3 Å². The van der Waals surface area contributed by atoms with E-state index in [2.05, 4.69) is 0 Å². The second-order valence-corrected chi connectivity index (χ2v) is 2.81. The second kappa shape index (κ2) is 3.06. The van der Waals surface area contributed by atoms with Gasteiger partial charge in [0.25, 0.3) is 0 Å². The molecule has 0 saturated heterocycles. The van der Waals surface area contributed by atoms with E-state index in [0.29, 0.717) is 5.76 Å². The van der Waals surface area contributed by atoms with Gasteiger partial charge in [-0.1, -0.05) is 0 Å². The molecule has 0 fully saturated rings. The smallest absolute Gasteiger partial charge is 0.418 e. The summed E-state index contributed by atoms with van der Waals surface area (Å²) in [5.74, 6) is 0.457. The van der Waals surface area contributed by atoms with Gasteiger partial charge in [-0.2, -0.15) is 13.2 Å². The maximum absolute atomic E-state index is 12.0. The summed E-state index contributed by atoms with van der Waals surface area (Å²) in [5.41, 5.74) is -0.218. The van der Waals surface area contributed by atoms with Gasteiger partial charge >= 0.3 is 6.18 Å². The minimum absolute atomic E-state index is 0.0994. The second-order valence-electron chi connectivity index (χ2n) is 2.81. The van der Waals surface area contributed by atoms with E-state index < -0.39 is 12.3 Å². The van der Waals surface area contributed by atoms with Crippen LogP contribution in [0.4, 0.5) is 13.2 Å². The van der Waals surface area contributed by atoms with E-state index in [1.807, 2.05) is 0 Å². The summed E-state index contributed by atoms with van der Waals surface area (Å²) < 4.78 is 41.0. The lowest BCUT2D eigenvalue weighted by Crippen LogP contribution is -2.20. The van der Waals surface area contributed by atoms with Crippen molar-refractivity contribution in [2.75, 3.05) is 0 Å². The van der Waals surface area contributed by atoms with Crippen molar-refractivity contribution in [3.8, 4) is 0 Å². The number of halogens is 3. The largest absolute Gasteiger partial charge is 0.466 e. The van der Waals surface area contributed by atoms with Crippen molar-refractivity contribution in [2.24, 2.45) is 0 Å². The van der Waals surface area contributed by atoms with Gasteiger partial charge in [-0.3, -0.25) is 0 Å². The Hall–Kier alpha value is -0.970. The minimum atomic E-state index is -4.64. The molecule has 1 rings (SSSR count). The van der Waals surface area contributed by atoms with Gasteiger partial charge in [0, 0.05) is 5.56 Å². The van der Waals surface area contributed by atoms with E-state index in [1.54, 1.807) is 0 Å². The molecule has 13 heavy (non-hydrogen) atoms. The van der Waals surface area contributed by atoms with E-state index in [0.717, 1.165) is 0 Å². The standard InChI is InChI=1S/C8H9F3O2/c1-4-3-6(5(2)13-4)7(12)8(9,10)11/h3,7,12H,1-2H3/t7-/m1/s1.